The van der Waals surface area contributed by atoms with Gasteiger partial charge in [-0.2, -0.15) is 0 Å². The van der Waals surface area contributed by atoms with E-state index in [4.69, 9.17) is 27.9 Å². The van der Waals surface area contributed by atoms with Gasteiger partial charge in [0.2, 0.25) is 0 Å². The minimum atomic E-state index is -0.856. The number of aromatic nitrogens is 1. The number of halogens is 2. The summed E-state index contributed by atoms with van der Waals surface area (Å²) in [6.07, 6.45) is 1.52. The fraction of sp³-hybridized carbons (Fsp3) is 0.290. The van der Waals surface area contributed by atoms with E-state index >= 15 is 0 Å². The van der Waals surface area contributed by atoms with Crippen LogP contribution in [0.4, 0.5) is 0 Å². The number of carbonyl (C=O) groups is 2. The Kier molecular flexibility index (Phi) is 7.82. The molecule has 5 rings (SSSR count). The first kappa shape index (κ1) is 28.0. The minimum Gasteiger partial charge on any atom is -0.490 e. The molecule has 7 nitrogen and oxygen atoms in total. The standard InChI is InChI=1S/C31H31Cl2N3O4/c1-17(2)40-27-10-8-18(19-7-9-21(25(33)14-19)29(38)34-3)13-22(27)30(39)36-31(16-37)12-11-26-23(15-31)20-5-4-6-24(32)28(20)35-26/h4-10,13-14,17,35,37H,11-12,15-16H2,1-3H3,(H,34,38)(H,36,39). The Balaban J connectivity index is 1.49. The molecule has 0 radical (unpaired) electrons. The number of benzene rings is 3. The van der Waals surface area contributed by atoms with Gasteiger partial charge in [0.25, 0.3) is 11.8 Å². The SMILES string of the molecule is CNC(=O)c1ccc(-c2ccc(OC(C)C)c(C(=O)NC3(CO)CCc4[nH]c5c(Cl)cccc5c4C3)c2)cc1Cl. The van der Waals surface area contributed by atoms with Crippen LogP contribution in [0.5, 0.6) is 5.75 Å². The molecule has 1 atom stereocenters. The quantitative estimate of drug-likeness (QED) is 0.217. The Morgan fingerprint density at radius 2 is 1.77 bits per heavy atom. The van der Waals surface area contributed by atoms with Crippen molar-refractivity contribution < 1.29 is 19.4 Å². The number of aliphatic hydroxyl groups is 1. The van der Waals surface area contributed by atoms with Gasteiger partial charge in [-0.3, -0.25) is 9.59 Å². The van der Waals surface area contributed by atoms with Crippen molar-refractivity contribution in [3.8, 4) is 16.9 Å². The molecule has 2 amide bonds. The maximum Gasteiger partial charge on any atom is 0.255 e. The highest BCUT2D eigenvalue weighted by atomic mass is 35.5. The van der Waals surface area contributed by atoms with Gasteiger partial charge in [0.1, 0.15) is 5.75 Å². The van der Waals surface area contributed by atoms with E-state index in [1.165, 1.54) is 0 Å². The van der Waals surface area contributed by atoms with Crippen LogP contribution < -0.4 is 15.4 Å². The monoisotopic (exact) mass is 579 g/mol. The summed E-state index contributed by atoms with van der Waals surface area (Å²) in [4.78, 5) is 29.4. The zero-order valence-corrected chi connectivity index (χ0v) is 24.0. The molecule has 1 heterocycles. The Hall–Kier alpha value is -3.52. The number of carbonyl (C=O) groups excluding carboxylic acids is 2. The molecule has 1 unspecified atom stereocenters. The lowest BCUT2D eigenvalue weighted by Crippen LogP contribution is -2.54. The molecule has 1 aliphatic rings. The number of hydrogen-bond donors (Lipinski definition) is 4. The number of para-hydroxylation sites is 1. The molecule has 0 fully saturated rings. The lowest BCUT2D eigenvalue weighted by atomic mass is 9.80. The zero-order valence-electron chi connectivity index (χ0n) is 22.5. The van der Waals surface area contributed by atoms with Gasteiger partial charge in [-0.1, -0.05) is 47.5 Å². The number of aryl methyl sites for hydroxylation is 1. The van der Waals surface area contributed by atoms with Crippen molar-refractivity contribution in [2.75, 3.05) is 13.7 Å². The lowest BCUT2D eigenvalue weighted by Gasteiger charge is -2.37. The molecule has 3 aromatic carbocycles. The van der Waals surface area contributed by atoms with Crippen LogP contribution in [0.2, 0.25) is 10.0 Å². The number of rotatable bonds is 7. The molecule has 0 spiro atoms. The van der Waals surface area contributed by atoms with E-state index in [-0.39, 0.29) is 24.5 Å². The van der Waals surface area contributed by atoms with Crippen molar-refractivity contribution in [2.45, 2.75) is 44.8 Å². The molecule has 208 valence electrons. The smallest absolute Gasteiger partial charge is 0.255 e. The molecule has 0 saturated carbocycles. The van der Waals surface area contributed by atoms with Crippen LogP contribution in [0.25, 0.3) is 22.0 Å². The van der Waals surface area contributed by atoms with E-state index < -0.39 is 5.54 Å². The molecule has 9 heteroatoms. The minimum absolute atomic E-state index is 0.154. The summed E-state index contributed by atoms with van der Waals surface area (Å²) in [5.41, 5.74) is 4.34. The van der Waals surface area contributed by atoms with Gasteiger partial charge in [-0.15, -0.1) is 0 Å². The van der Waals surface area contributed by atoms with E-state index in [1.807, 2.05) is 38.1 Å². The number of H-pyrrole nitrogens is 1. The van der Waals surface area contributed by atoms with Crippen molar-refractivity contribution in [3.05, 3.63) is 87.0 Å². The second-order valence-electron chi connectivity index (χ2n) is 10.5. The summed E-state index contributed by atoms with van der Waals surface area (Å²) in [6, 6.07) is 16.3. The van der Waals surface area contributed by atoms with Gasteiger partial charge in [-0.25, -0.2) is 0 Å². The molecule has 0 bridgehead atoms. The summed E-state index contributed by atoms with van der Waals surface area (Å²) in [6.45, 7) is 3.57. The fourth-order valence-electron chi connectivity index (χ4n) is 5.34. The highest BCUT2D eigenvalue weighted by Gasteiger charge is 2.38. The third kappa shape index (κ3) is 5.29. The van der Waals surface area contributed by atoms with Crippen molar-refractivity contribution in [1.29, 1.82) is 0 Å². The average molecular weight is 581 g/mol. The number of nitrogens with one attached hydrogen (secondary N) is 3. The van der Waals surface area contributed by atoms with E-state index in [1.54, 1.807) is 37.4 Å². The van der Waals surface area contributed by atoms with Crippen LogP contribution in [0.3, 0.4) is 0 Å². The topological polar surface area (TPSA) is 103 Å². The summed E-state index contributed by atoms with van der Waals surface area (Å²) >= 11 is 12.8. The van der Waals surface area contributed by atoms with Crippen molar-refractivity contribution in [1.82, 2.24) is 15.6 Å². The van der Waals surface area contributed by atoms with E-state index in [0.717, 1.165) is 33.3 Å². The van der Waals surface area contributed by atoms with Crippen LogP contribution in [0.1, 0.15) is 52.2 Å². The largest absolute Gasteiger partial charge is 0.490 e. The van der Waals surface area contributed by atoms with Crippen molar-refractivity contribution >= 4 is 45.9 Å². The third-order valence-corrected chi connectivity index (χ3v) is 8.02. The highest BCUT2D eigenvalue weighted by molar-refractivity contribution is 6.35. The van der Waals surface area contributed by atoms with Gasteiger partial charge >= 0.3 is 0 Å². The van der Waals surface area contributed by atoms with E-state index in [9.17, 15) is 14.7 Å². The maximum atomic E-state index is 13.9. The number of fused-ring (bicyclic) bond motifs is 3. The summed E-state index contributed by atoms with van der Waals surface area (Å²) in [7, 11) is 1.55. The molecule has 0 aliphatic heterocycles. The number of hydrogen-bond acceptors (Lipinski definition) is 4. The predicted octanol–water partition coefficient (Wildman–Crippen LogP) is 5.94. The first-order chi connectivity index (χ1) is 19.1. The first-order valence-electron chi connectivity index (χ1n) is 13.2. The van der Waals surface area contributed by atoms with E-state index in [0.29, 0.717) is 46.2 Å². The zero-order chi connectivity index (χ0) is 28.6. The van der Waals surface area contributed by atoms with Gasteiger partial charge in [-0.05, 0) is 73.7 Å². The fourth-order valence-corrected chi connectivity index (χ4v) is 5.83. The second-order valence-corrected chi connectivity index (χ2v) is 11.3. The van der Waals surface area contributed by atoms with Crippen molar-refractivity contribution in [3.63, 3.8) is 0 Å². The van der Waals surface area contributed by atoms with Crippen LogP contribution >= 0.6 is 23.2 Å². The summed E-state index contributed by atoms with van der Waals surface area (Å²) < 4.78 is 5.99. The number of aliphatic hydroxyl groups excluding tert-OH is 1. The maximum absolute atomic E-state index is 13.9. The Labute approximate surface area is 242 Å². The summed E-state index contributed by atoms with van der Waals surface area (Å²) in [5.74, 6) is -0.187. The predicted molar refractivity (Wildman–Crippen MR) is 159 cm³/mol. The molecular formula is C31H31Cl2N3O4. The molecule has 4 N–H and O–H groups in total. The number of aromatic amines is 1. The van der Waals surface area contributed by atoms with Crippen LogP contribution in [-0.2, 0) is 12.8 Å². The second kappa shape index (κ2) is 11.2. The third-order valence-electron chi connectivity index (χ3n) is 7.39. The van der Waals surface area contributed by atoms with Gasteiger partial charge < -0.3 is 25.5 Å². The Bertz CT molecular complexity index is 1610. The van der Waals surface area contributed by atoms with Crippen LogP contribution in [0, 0.1) is 0 Å². The molecule has 40 heavy (non-hydrogen) atoms. The van der Waals surface area contributed by atoms with Crippen LogP contribution in [0.15, 0.2) is 54.6 Å². The number of ether oxygens (including phenoxy) is 1. The molecule has 1 aliphatic carbocycles. The first-order valence-corrected chi connectivity index (χ1v) is 13.9. The Morgan fingerprint density at radius 3 is 2.48 bits per heavy atom. The normalized spacial score (nSPS) is 16.6. The molecule has 1 aromatic heterocycles. The number of amides is 2. The molecular weight excluding hydrogens is 549 g/mol. The summed E-state index contributed by atoms with van der Waals surface area (Å²) in [5, 5.41) is 18.2. The molecule has 0 saturated heterocycles. The average Bonchev–Trinajstić information content (AvgIpc) is 3.31. The highest BCUT2D eigenvalue weighted by Crippen LogP contribution is 2.37. The van der Waals surface area contributed by atoms with Crippen molar-refractivity contribution in [2.24, 2.45) is 0 Å². The molecule has 4 aromatic rings. The Morgan fingerprint density at radius 1 is 1.02 bits per heavy atom. The van der Waals surface area contributed by atoms with Gasteiger partial charge in [0, 0.05) is 24.5 Å². The lowest BCUT2D eigenvalue weighted by molar-refractivity contribution is 0.0802. The van der Waals surface area contributed by atoms with Gasteiger partial charge in [0.05, 0.1) is 44.9 Å². The van der Waals surface area contributed by atoms with Gasteiger partial charge in [0.15, 0.2) is 0 Å². The van der Waals surface area contributed by atoms with E-state index in [2.05, 4.69) is 15.6 Å². The van der Waals surface area contributed by atoms with Crippen LogP contribution in [-0.4, -0.2) is 47.2 Å².